The van der Waals surface area contributed by atoms with Gasteiger partial charge in [0.25, 0.3) is 0 Å². The van der Waals surface area contributed by atoms with E-state index in [2.05, 4.69) is 27.1 Å². The number of carbonyl (C=O) groups excluding carboxylic acids is 1. The SMILES string of the molecule is CC1CN(c2cc(Oc3ccccc3)ncn2)CCN1C(=O)NC1CCCCC1. The van der Waals surface area contributed by atoms with Crippen LogP contribution in [0.15, 0.2) is 42.7 Å². The third kappa shape index (κ3) is 4.96. The molecule has 154 valence electrons. The van der Waals surface area contributed by atoms with Crippen molar-refractivity contribution in [1.29, 1.82) is 0 Å². The highest BCUT2D eigenvalue weighted by molar-refractivity contribution is 5.75. The summed E-state index contributed by atoms with van der Waals surface area (Å²) in [5.41, 5.74) is 0. The molecule has 1 saturated heterocycles. The first-order chi connectivity index (χ1) is 14.2. The summed E-state index contributed by atoms with van der Waals surface area (Å²) >= 11 is 0. The van der Waals surface area contributed by atoms with Crippen LogP contribution in [0.4, 0.5) is 10.6 Å². The van der Waals surface area contributed by atoms with Crippen LogP contribution in [0.1, 0.15) is 39.0 Å². The van der Waals surface area contributed by atoms with Crippen LogP contribution in [-0.4, -0.2) is 52.6 Å². The number of ether oxygens (including phenoxy) is 1. The van der Waals surface area contributed by atoms with Crippen LogP contribution in [0.5, 0.6) is 11.6 Å². The van der Waals surface area contributed by atoms with Crippen LogP contribution in [0.2, 0.25) is 0 Å². The van der Waals surface area contributed by atoms with Gasteiger partial charge in [-0.2, -0.15) is 0 Å². The number of para-hydroxylation sites is 1. The Morgan fingerprint density at radius 3 is 2.66 bits per heavy atom. The molecule has 7 heteroatoms. The van der Waals surface area contributed by atoms with Gasteiger partial charge in [0, 0.05) is 37.8 Å². The quantitative estimate of drug-likeness (QED) is 0.852. The summed E-state index contributed by atoms with van der Waals surface area (Å²) in [6.07, 6.45) is 7.46. The standard InChI is InChI=1S/C22H29N5O2/c1-17-15-26(12-13-27(17)22(28)25-18-8-4-2-5-9-18)20-14-21(24-16-23-20)29-19-10-6-3-7-11-19/h3,6-7,10-11,14,16-18H,2,4-5,8-9,12-13,15H2,1H3,(H,25,28). The van der Waals surface area contributed by atoms with Gasteiger partial charge in [0.05, 0.1) is 0 Å². The zero-order valence-corrected chi connectivity index (χ0v) is 17.0. The highest BCUT2D eigenvalue weighted by atomic mass is 16.5. The van der Waals surface area contributed by atoms with Gasteiger partial charge in [0.1, 0.15) is 17.9 Å². The molecule has 1 aliphatic heterocycles. The Labute approximate surface area is 172 Å². The molecule has 7 nitrogen and oxygen atoms in total. The number of nitrogens with one attached hydrogen (secondary N) is 1. The van der Waals surface area contributed by atoms with Crippen molar-refractivity contribution >= 4 is 11.8 Å². The van der Waals surface area contributed by atoms with E-state index in [1.54, 1.807) is 0 Å². The molecule has 2 aromatic rings. The van der Waals surface area contributed by atoms with E-state index in [9.17, 15) is 4.79 Å². The zero-order valence-electron chi connectivity index (χ0n) is 17.0. The fraction of sp³-hybridized carbons (Fsp3) is 0.500. The van der Waals surface area contributed by atoms with Crippen LogP contribution in [0, 0.1) is 0 Å². The second-order valence-corrected chi connectivity index (χ2v) is 7.90. The average Bonchev–Trinajstić information content (AvgIpc) is 2.75. The Kier molecular flexibility index (Phi) is 6.12. The molecular formula is C22H29N5O2. The molecule has 2 aliphatic rings. The number of rotatable bonds is 4. The third-order valence-corrected chi connectivity index (χ3v) is 5.74. The zero-order chi connectivity index (χ0) is 20.1. The number of hydrogen-bond acceptors (Lipinski definition) is 5. The molecule has 0 spiro atoms. The first kappa shape index (κ1) is 19.5. The molecule has 1 aliphatic carbocycles. The molecule has 2 heterocycles. The number of anilines is 1. The van der Waals surface area contributed by atoms with Gasteiger partial charge in [0.2, 0.25) is 5.88 Å². The van der Waals surface area contributed by atoms with Gasteiger partial charge in [-0.25, -0.2) is 14.8 Å². The van der Waals surface area contributed by atoms with E-state index in [-0.39, 0.29) is 12.1 Å². The Bertz CT molecular complexity index is 810. The minimum Gasteiger partial charge on any atom is -0.439 e. The van der Waals surface area contributed by atoms with Gasteiger partial charge < -0.3 is 19.9 Å². The van der Waals surface area contributed by atoms with Crippen molar-refractivity contribution in [3.05, 3.63) is 42.7 Å². The van der Waals surface area contributed by atoms with Gasteiger partial charge in [-0.3, -0.25) is 0 Å². The lowest BCUT2D eigenvalue weighted by Crippen LogP contribution is -2.58. The smallest absolute Gasteiger partial charge is 0.317 e. The van der Waals surface area contributed by atoms with Crippen LogP contribution >= 0.6 is 0 Å². The van der Waals surface area contributed by atoms with Crippen molar-refractivity contribution in [1.82, 2.24) is 20.2 Å². The molecule has 1 N–H and O–H groups in total. The van der Waals surface area contributed by atoms with E-state index in [1.807, 2.05) is 41.3 Å². The third-order valence-electron chi connectivity index (χ3n) is 5.74. The lowest BCUT2D eigenvalue weighted by molar-refractivity contribution is 0.165. The van der Waals surface area contributed by atoms with Crippen molar-refractivity contribution < 1.29 is 9.53 Å². The fourth-order valence-electron chi connectivity index (χ4n) is 4.14. The summed E-state index contributed by atoms with van der Waals surface area (Å²) in [7, 11) is 0. The predicted molar refractivity (Wildman–Crippen MR) is 112 cm³/mol. The molecule has 4 rings (SSSR count). The molecule has 0 radical (unpaired) electrons. The summed E-state index contributed by atoms with van der Waals surface area (Å²) in [5.74, 6) is 2.09. The van der Waals surface area contributed by atoms with Crippen molar-refractivity contribution in [2.24, 2.45) is 0 Å². The number of urea groups is 1. The summed E-state index contributed by atoms with van der Waals surface area (Å²) < 4.78 is 5.83. The number of carbonyl (C=O) groups is 1. The highest BCUT2D eigenvalue weighted by Crippen LogP contribution is 2.24. The summed E-state index contributed by atoms with van der Waals surface area (Å²) in [6, 6.07) is 12.0. The molecule has 2 amide bonds. The fourth-order valence-corrected chi connectivity index (χ4v) is 4.14. The van der Waals surface area contributed by atoms with Crippen LogP contribution in [0.3, 0.4) is 0 Å². The second-order valence-electron chi connectivity index (χ2n) is 7.90. The largest absolute Gasteiger partial charge is 0.439 e. The van der Waals surface area contributed by atoms with Crippen molar-refractivity contribution in [2.75, 3.05) is 24.5 Å². The summed E-state index contributed by atoms with van der Waals surface area (Å²) in [6.45, 7) is 4.25. The predicted octanol–water partition coefficient (Wildman–Crippen LogP) is 3.82. The molecule has 1 saturated carbocycles. The van der Waals surface area contributed by atoms with Crippen LogP contribution in [-0.2, 0) is 0 Å². The molecule has 29 heavy (non-hydrogen) atoms. The first-order valence-corrected chi connectivity index (χ1v) is 10.6. The Hall–Kier alpha value is -2.83. The lowest BCUT2D eigenvalue weighted by Gasteiger charge is -2.41. The molecule has 1 unspecified atom stereocenters. The van der Waals surface area contributed by atoms with Crippen molar-refractivity contribution in [3.63, 3.8) is 0 Å². The van der Waals surface area contributed by atoms with E-state index < -0.39 is 0 Å². The first-order valence-electron chi connectivity index (χ1n) is 10.6. The highest BCUT2D eigenvalue weighted by Gasteiger charge is 2.29. The van der Waals surface area contributed by atoms with Crippen LogP contribution in [0.25, 0.3) is 0 Å². The summed E-state index contributed by atoms with van der Waals surface area (Å²) in [5, 5.41) is 3.23. The number of aromatic nitrogens is 2. The molecule has 1 aromatic heterocycles. The molecule has 2 fully saturated rings. The number of benzene rings is 1. The minimum absolute atomic E-state index is 0.0693. The number of hydrogen-bond donors (Lipinski definition) is 1. The van der Waals surface area contributed by atoms with E-state index >= 15 is 0 Å². The Morgan fingerprint density at radius 2 is 1.90 bits per heavy atom. The molecular weight excluding hydrogens is 366 g/mol. The molecule has 1 aromatic carbocycles. The summed E-state index contributed by atoms with van der Waals surface area (Å²) in [4.78, 5) is 25.5. The molecule has 1 atom stereocenters. The molecule has 0 bridgehead atoms. The van der Waals surface area contributed by atoms with Gasteiger partial charge in [-0.1, -0.05) is 37.5 Å². The number of nitrogens with zero attached hydrogens (tertiary/aromatic N) is 4. The maximum Gasteiger partial charge on any atom is 0.317 e. The maximum atomic E-state index is 12.7. The number of piperazine rings is 1. The maximum absolute atomic E-state index is 12.7. The van der Waals surface area contributed by atoms with E-state index in [4.69, 9.17) is 4.74 Å². The topological polar surface area (TPSA) is 70.6 Å². The van der Waals surface area contributed by atoms with Gasteiger partial charge in [-0.05, 0) is 31.9 Å². The van der Waals surface area contributed by atoms with Gasteiger partial charge >= 0.3 is 6.03 Å². The van der Waals surface area contributed by atoms with Crippen molar-refractivity contribution in [2.45, 2.75) is 51.1 Å². The van der Waals surface area contributed by atoms with Gasteiger partial charge in [-0.15, -0.1) is 0 Å². The second kappa shape index (κ2) is 9.11. The van der Waals surface area contributed by atoms with Crippen LogP contribution < -0.4 is 15.0 Å². The van der Waals surface area contributed by atoms with E-state index in [0.29, 0.717) is 18.5 Å². The normalized spacial score (nSPS) is 20.4. The Balaban J connectivity index is 1.35. The van der Waals surface area contributed by atoms with Crippen molar-refractivity contribution in [3.8, 4) is 11.6 Å². The van der Waals surface area contributed by atoms with E-state index in [0.717, 1.165) is 37.5 Å². The Morgan fingerprint density at radius 1 is 1.10 bits per heavy atom. The monoisotopic (exact) mass is 395 g/mol. The lowest BCUT2D eigenvalue weighted by atomic mass is 9.96. The van der Waals surface area contributed by atoms with E-state index in [1.165, 1.54) is 25.6 Å². The van der Waals surface area contributed by atoms with Gasteiger partial charge in [0.15, 0.2) is 0 Å². The minimum atomic E-state index is 0.0693. The number of amides is 2. The average molecular weight is 396 g/mol.